The average Bonchev–Trinajstić information content (AvgIpc) is 2.38. The first-order chi connectivity index (χ1) is 8.76. The summed E-state index contributed by atoms with van der Waals surface area (Å²) in [5.41, 5.74) is 0. The molecule has 4 nitrogen and oxygen atoms in total. The van der Waals surface area contributed by atoms with Crippen LogP contribution in [0, 0.1) is 0 Å². The zero-order chi connectivity index (χ0) is 13.2. The molecule has 0 radical (unpaired) electrons. The van der Waals surface area contributed by atoms with E-state index in [1.807, 2.05) is 0 Å². The summed E-state index contributed by atoms with van der Waals surface area (Å²) in [6.07, 6.45) is 2.80. The summed E-state index contributed by atoms with van der Waals surface area (Å²) in [7, 11) is 2.21. The highest BCUT2D eigenvalue weighted by atomic mass is 16.5. The van der Waals surface area contributed by atoms with E-state index < -0.39 is 0 Å². The molecule has 0 aliphatic carbocycles. The van der Waals surface area contributed by atoms with Gasteiger partial charge in [0.2, 0.25) is 0 Å². The Balaban J connectivity index is 2.14. The SMILES string of the molecule is CCCN(C)CCN1CCO[C@H](CCNCC)C1. The minimum absolute atomic E-state index is 0.425. The van der Waals surface area contributed by atoms with E-state index in [4.69, 9.17) is 4.74 Å². The molecule has 108 valence electrons. The van der Waals surface area contributed by atoms with Gasteiger partial charge in [0.15, 0.2) is 0 Å². The topological polar surface area (TPSA) is 27.7 Å². The first-order valence-electron chi connectivity index (χ1n) is 7.49. The zero-order valence-corrected chi connectivity index (χ0v) is 12.5. The fraction of sp³-hybridized carbons (Fsp3) is 1.00. The summed E-state index contributed by atoms with van der Waals surface area (Å²) in [6, 6.07) is 0. The molecule has 0 bridgehead atoms. The highest BCUT2D eigenvalue weighted by Gasteiger charge is 2.19. The van der Waals surface area contributed by atoms with E-state index in [9.17, 15) is 0 Å². The van der Waals surface area contributed by atoms with Gasteiger partial charge in [0.05, 0.1) is 12.7 Å². The van der Waals surface area contributed by atoms with Crippen molar-refractivity contribution < 1.29 is 4.74 Å². The molecular formula is C14H31N3O. The third-order valence-electron chi connectivity index (χ3n) is 3.52. The largest absolute Gasteiger partial charge is 0.376 e. The maximum absolute atomic E-state index is 5.81. The van der Waals surface area contributed by atoms with Crippen LogP contribution in [0.1, 0.15) is 26.7 Å². The van der Waals surface area contributed by atoms with Crippen LogP contribution >= 0.6 is 0 Å². The second-order valence-corrected chi connectivity index (χ2v) is 5.24. The highest BCUT2D eigenvalue weighted by Crippen LogP contribution is 2.08. The van der Waals surface area contributed by atoms with Crippen LogP contribution in [0.3, 0.4) is 0 Å². The minimum atomic E-state index is 0.425. The van der Waals surface area contributed by atoms with Crippen LogP contribution in [0.2, 0.25) is 0 Å². The molecule has 4 heteroatoms. The van der Waals surface area contributed by atoms with E-state index in [2.05, 4.69) is 36.0 Å². The van der Waals surface area contributed by atoms with Gasteiger partial charge in [-0.05, 0) is 39.5 Å². The molecule has 1 saturated heterocycles. The fourth-order valence-electron chi connectivity index (χ4n) is 2.40. The molecule has 0 amide bonds. The summed E-state index contributed by atoms with van der Waals surface area (Å²) >= 11 is 0. The number of nitrogens with zero attached hydrogens (tertiary/aromatic N) is 2. The van der Waals surface area contributed by atoms with Crippen LogP contribution in [0.25, 0.3) is 0 Å². The molecule has 1 N–H and O–H groups in total. The number of nitrogens with one attached hydrogen (secondary N) is 1. The van der Waals surface area contributed by atoms with Gasteiger partial charge < -0.3 is 15.0 Å². The fourth-order valence-corrected chi connectivity index (χ4v) is 2.40. The molecule has 1 heterocycles. The summed E-state index contributed by atoms with van der Waals surface area (Å²) in [6.45, 7) is 13.2. The lowest BCUT2D eigenvalue weighted by Gasteiger charge is -2.34. The smallest absolute Gasteiger partial charge is 0.0714 e. The predicted molar refractivity (Wildman–Crippen MR) is 77.1 cm³/mol. The Morgan fingerprint density at radius 1 is 1.33 bits per heavy atom. The Morgan fingerprint density at radius 3 is 2.89 bits per heavy atom. The molecule has 0 spiro atoms. The van der Waals surface area contributed by atoms with Crippen molar-refractivity contribution in [2.75, 3.05) is 59.5 Å². The molecule has 1 rings (SSSR count). The molecule has 0 aromatic heterocycles. The van der Waals surface area contributed by atoms with Crippen molar-refractivity contribution in [1.29, 1.82) is 0 Å². The maximum atomic E-state index is 5.81. The van der Waals surface area contributed by atoms with Crippen molar-refractivity contribution in [2.24, 2.45) is 0 Å². The van der Waals surface area contributed by atoms with Crippen LogP contribution in [0.5, 0.6) is 0 Å². The number of hydrogen-bond donors (Lipinski definition) is 1. The van der Waals surface area contributed by atoms with Crippen LogP contribution in [-0.4, -0.2) is 75.4 Å². The van der Waals surface area contributed by atoms with Crippen LogP contribution in [0.4, 0.5) is 0 Å². The third-order valence-corrected chi connectivity index (χ3v) is 3.52. The molecule has 1 atom stereocenters. The second kappa shape index (κ2) is 9.73. The summed E-state index contributed by atoms with van der Waals surface area (Å²) in [5, 5.41) is 3.37. The Bertz CT molecular complexity index is 201. The molecule has 1 aliphatic heterocycles. The monoisotopic (exact) mass is 257 g/mol. The van der Waals surface area contributed by atoms with Crippen molar-refractivity contribution in [3.05, 3.63) is 0 Å². The lowest BCUT2D eigenvalue weighted by Crippen LogP contribution is -2.46. The van der Waals surface area contributed by atoms with E-state index in [1.54, 1.807) is 0 Å². The first kappa shape index (κ1) is 15.9. The van der Waals surface area contributed by atoms with Gasteiger partial charge in [0, 0.05) is 26.2 Å². The minimum Gasteiger partial charge on any atom is -0.376 e. The number of likely N-dealkylation sites (N-methyl/N-ethyl adjacent to an activating group) is 1. The standard InChI is InChI=1S/C14H31N3O/c1-4-8-16(3)9-10-17-11-12-18-14(13-17)6-7-15-5-2/h14-15H,4-13H2,1-3H3/t14-/m1/s1. The number of ether oxygens (including phenoxy) is 1. The third kappa shape index (κ3) is 6.69. The Morgan fingerprint density at radius 2 is 2.17 bits per heavy atom. The normalized spacial score (nSPS) is 21.7. The van der Waals surface area contributed by atoms with Gasteiger partial charge in [-0.2, -0.15) is 0 Å². The molecule has 0 aromatic rings. The summed E-state index contributed by atoms with van der Waals surface area (Å²) in [4.78, 5) is 4.97. The van der Waals surface area contributed by atoms with Gasteiger partial charge in [-0.15, -0.1) is 0 Å². The molecule has 1 fully saturated rings. The second-order valence-electron chi connectivity index (χ2n) is 5.24. The lowest BCUT2D eigenvalue weighted by molar-refractivity contribution is -0.0330. The van der Waals surface area contributed by atoms with Gasteiger partial charge in [0.25, 0.3) is 0 Å². The maximum Gasteiger partial charge on any atom is 0.0714 e. The number of morpholine rings is 1. The summed E-state index contributed by atoms with van der Waals surface area (Å²) < 4.78 is 5.81. The zero-order valence-electron chi connectivity index (χ0n) is 12.5. The summed E-state index contributed by atoms with van der Waals surface area (Å²) in [5.74, 6) is 0. The van der Waals surface area contributed by atoms with E-state index >= 15 is 0 Å². The Labute approximate surface area is 113 Å². The van der Waals surface area contributed by atoms with E-state index in [-0.39, 0.29) is 0 Å². The van der Waals surface area contributed by atoms with Crippen LogP contribution < -0.4 is 5.32 Å². The number of rotatable bonds is 9. The molecule has 0 unspecified atom stereocenters. The Hall–Kier alpha value is -0.160. The van der Waals surface area contributed by atoms with Gasteiger partial charge in [-0.1, -0.05) is 13.8 Å². The van der Waals surface area contributed by atoms with E-state index in [0.29, 0.717) is 6.10 Å². The van der Waals surface area contributed by atoms with Gasteiger partial charge in [0.1, 0.15) is 0 Å². The molecule has 1 aliphatic rings. The Kier molecular flexibility index (Phi) is 8.59. The van der Waals surface area contributed by atoms with Gasteiger partial charge >= 0.3 is 0 Å². The molecule has 18 heavy (non-hydrogen) atoms. The van der Waals surface area contributed by atoms with Crippen molar-refractivity contribution in [3.8, 4) is 0 Å². The van der Waals surface area contributed by atoms with Crippen molar-refractivity contribution in [2.45, 2.75) is 32.8 Å². The van der Waals surface area contributed by atoms with Crippen LogP contribution in [-0.2, 0) is 4.74 Å². The number of hydrogen-bond acceptors (Lipinski definition) is 4. The van der Waals surface area contributed by atoms with Gasteiger partial charge in [-0.25, -0.2) is 0 Å². The lowest BCUT2D eigenvalue weighted by atomic mass is 10.2. The molecule has 0 aromatic carbocycles. The van der Waals surface area contributed by atoms with Crippen molar-refractivity contribution in [3.63, 3.8) is 0 Å². The average molecular weight is 257 g/mol. The molecule has 0 saturated carbocycles. The first-order valence-corrected chi connectivity index (χ1v) is 7.49. The van der Waals surface area contributed by atoms with E-state index in [0.717, 1.165) is 39.2 Å². The molecular weight excluding hydrogens is 226 g/mol. The van der Waals surface area contributed by atoms with Gasteiger partial charge in [-0.3, -0.25) is 4.90 Å². The van der Waals surface area contributed by atoms with Crippen molar-refractivity contribution >= 4 is 0 Å². The van der Waals surface area contributed by atoms with E-state index in [1.165, 1.54) is 26.1 Å². The highest BCUT2D eigenvalue weighted by molar-refractivity contribution is 4.73. The van der Waals surface area contributed by atoms with Crippen LogP contribution in [0.15, 0.2) is 0 Å². The predicted octanol–water partition coefficient (Wildman–Crippen LogP) is 1.03. The quantitative estimate of drug-likeness (QED) is 0.624. The van der Waals surface area contributed by atoms with Crippen molar-refractivity contribution in [1.82, 2.24) is 15.1 Å².